The summed E-state index contributed by atoms with van der Waals surface area (Å²) < 4.78 is 5.39. The second-order valence-electron chi connectivity index (χ2n) is 5.05. The summed E-state index contributed by atoms with van der Waals surface area (Å²) in [4.78, 5) is 2.27. The molecule has 1 aromatic carbocycles. The molecule has 1 rings (SSSR count). The van der Waals surface area contributed by atoms with E-state index < -0.39 is 0 Å². The maximum atomic E-state index is 5.39. The van der Waals surface area contributed by atoms with E-state index in [4.69, 9.17) is 4.74 Å². The van der Waals surface area contributed by atoms with Gasteiger partial charge in [0, 0.05) is 19.6 Å². The maximum Gasteiger partial charge on any atom is 0.142 e. The number of benzene rings is 1. The smallest absolute Gasteiger partial charge is 0.142 e. The second kappa shape index (κ2) is 8.81. The van der Waals surface area contributed by atoms with Crippen LogP contribution in [0.5, 0.6) is 5.75 Å². The number of ether oxygens (including phenoxy) is 1. The van der Waals surface area contributed by atoms with Crippen molar-refractivity contribution < 1.29 is 4.74 Å². The number of unbranched alkanes of at least 4 members (excludes halogenated alkanes) is 1. The van der Waals surface area contributed by atoms with Crippen LogP contribution in [0.2, 0.25) is 0 Å². The fourth-order valence-corrected chi connectivity index (χ4v) is 2.32. The van der Waals surface area contributed by atoms with Gasteiger partial charge in [-0.25, -0.2) is 0 Å². The topological polar surface area (TPSA) is 24.5 Å². The zero-order valence-electron chi connectivity index (χ0n) is 12.8. The van der Waals surface area contributed by atoms with Crippen molar-refractivity contribution in [3.63, 3.8) is 0 Å². The molecular formula is C16H28N2O. The van der Waals surface area contributed by atoms with Crippen LogP contribution in [-0.4, -0.2) is 33.3 Å². The molecule has 0 aliphatic rings. The van der Waals surface area contributed by atoms with Crippen LogP contribution in [-0.2, 0) is 0 Å². The Morgan fingerprint density at radius 3 is 2.68 bits per heavy atom. The van der Waals surface area contributed by atoms with E-state index in [2.05, 4.69) is 43.2 Å². The van der Waals surface area contributed by atoms with Crippen LogP contribution in [0.3, 0.4) is 0 Å². The van der Waals surface area contributed by atoms with Crippen LogP contribution < -0.4 is 15.0 Å². The van der Waals surface area contributed by atoms with Gasteiger partial charge in [0.25, 0.3) is 0 Å². The number of hydrogen-bond donors (Lipinski definition) is 1. The normalized spacial score (nSPS) is 12.2. The Balaban J connectivity index is 2.33. The Bertz CT molecular complexity index is 354. The highest BCUT2D eigenvalue weighted by atomic mass is 16.5. The Morgan fingerprint density at radius 1 is 1.26 bits per heavy atom. The molecule has 0 fully saturated rings. The van der Waals surface area contributed by atoms with Crippen LogP contribution in [0, 0.1) is 0 Å². The number of anilines is 1. The van der Waals surface area contributed by atoms with Crippen LogP contribution in [0.25, 0.3) is 0 Å². The van der Waals surface area contributed by atoms with Crippen molar-refractivity contribution in [3.8, 4) is 5.75 Å². The van der Waals surface area contributed by atoms with Gasteiger partial charge in [-0.05, 0) is 38.4 Å². The zero-order chi connectivity index (χ0) is 14.1. The first kappa shape index (κ1) is 15.8. The van der Waals surface area contributed by atoms with Crippen LogP contribution in [0.1, 0.15) is 33.1 Å². The third-order valence-electron chi connectivity index (χ3n) is 3.43. The highest BCUT2D eigenvalue weighted by Crippen LogP contribution is 2.26. The lowest BCUT2D eigenvalue weighted by molar-refractivity contribution is 0.414. The Kier molecular flexibility index (Phi) is 7.34. The quantitative estimate of drug-likeness (QED) is 0.693. The SMILES string of the molecule is CCNC(C)CCCCN(C)c1ccccc1OC. The van der Waals surface area contributed by atoms with Gasteiger partial charge < -0.3 is 15.0 Å². The van der Waals surface area contributed by atoms with Gasteiger partial charge in [-0.2, -0.15) is 0 Å². The molecule has 108 valence electrons. The minimum atomic E-state index is 0.626. The summed E-state index contributed by atoms with van der Waals surface area (Å²) in [6, 6.07) is 8.82. The Labute approximate surface area is 118 Å². The van der Waals surface area contributed by atoms with E-state index in [1.165, 1.54) is 24.9 Å². The molecule has 0 amide bonds. The van der Waals surface area contributed by atoms with Crippen molar-refractivity contribution in [1.82, 2.24) is 5.32 Å². The molecule has 1 unspecified atom stereocenters. The molecule has 0 aliphatic carbocycles. The molecular weight excluding hydrogens is 236 g/mol. The minimum absolute atomic E-state index is 0.626. The van der Waals surface area contributed by atoms with Crippen molar-refractivity contribution in [1.29, 1.82) is 0 Å². The fraction of sp³-hybridized carbons (Fsp3) is 0.625. The average Bonchev–Trinajstić information content (AvgIpc) is 2.43. The fourth-order valence-electron chi connectivity index (χ4n) is 2.32. The molecule has 0 radical (unpaired) electrons. The van der Waals surface area contributed by atoms with Gasteiger partial charge in [-0.3, -0.25) is 0 Å². The number of para-hydroxylation sites is 2. The summed E-state index contributed by atoms with van der Waals surface area (Å²) in [7, 11) is 3.86. The summed E-state index contributed by atoms with van der Waals surface area (Å²) in [6.07, 6.45) is 3.71. The molecule has 0 spiro atoms. The van der Waals surface area contributed by atoms with Crippen LogP contribution in [0.4, 0.5) is 5.69 Å². The first-order valence-corrected chi connectivity index (χ1v) is 7.26. The minimum Gasteiger partial charge on any atom is -0.495 e. The van der Waals surface area contributed by atoms with Crippen LogP contribution >= 0.6 is 0 Å². The molecule has 0 bridgehead atoms. The molecule has 0 aromatic heterocycles. The molecule has 1 atom stereocenters. The first-order chi connectivity index (χ1) is 9.19. The third-order valence-corrected chi connectivity index (χ3v) is 3.43. The Morgan fingerprint density at radius 2 is 2.00 bits per heavy atom. The molecule has 1 aromatic rings. The van der Waals surface area contributed by atoms with Crippen molar-refractivity contribution in [3.05, 3.63) is 24.3 Å². The van der Waals surface area contributed by atoms with E-state index >= 15 is 0 Å². The molecule has 0 saturated carbocycles. The maximum absolute atomic E-state index is 5.39. The largest absolute Gasteiger partial charge is 0.495 e. The van der Waals surface area contributed by atoms with Gasteiger partial charge in [-0.1, -0.05) is 25.5 Å². The van der Waals surface area contributed by atoms with Gasteiger partial charge in [0.1, 0.15) is 5.75 Å². The molecule has 19 heavy (non-hydrogen) atoms. The summed E-state index contributed by atoms with van der Waals surface area (Å²) >= 11 is 0. The standard InChI is InChI=1S/C16H28N2O/c1-5-17-14(2)10-8-9-13-18(3)15-11-6-7-12-16(15)19-4/h6-7,11-12,14,17H,5,8-10,13H2,1-4H3. The van der Waals surface area contributed by atoms with Crippen molar-refractivity contribution in [2.45, 2.75) is 39.2 Å². The molecule has 1 N–H and O–H groups in total. The van der Waals surface area contributed by atoms with Gasteiger partial charge >= 0.3 is 0 Å². The lowest BCUT2D eigenvalue weighted by Crippen LogP contribution is -2.26. The number of nitrogens with one attached hydrogen (secondary N) is 1. The Hall–Kier alpha value is -1.22. The first-order valence-electron chi connectivity index (χ1n) is 7.26. The second-order valence-corrected chi connectivity index (χ2v) is 5.05. The molecule has 0 saturated heterocycles. The molecule has 3 nitrogen and oxygen atoms in total. The van der Waals surface area contributed by atoms with E-state index in [-0.39, 0.29) is 0 Å². The molecule has 0 heterocycles. The highest BCUT2D eigenvalue weighted by Gasteiger charge is 2.07. The van der Waals surface area contributed by atoms with Gasteiger partial charge in [0.05, 0.1) is 12.8 Å². The summed E-state index contributed by atoms with van der Waals surface area (Å²) in [5.41, 5.74) is 1.17. The number of methoxy groups -OCH3 is 1. The van der Waals surface area contributed by atoms with Crippen molar-refractivity contribution in [2.24, 2.45) is 0 Å². The average molecular weight is 264 g/mol. The van der Waals surface area contributed by atoms with Crippen molar-refractivity contribution in [2.75, 3.05) is 32.1 Å². The van der Waals surface area contributed by atoms with Gasteiger partial charge in [-0.15, -0.1) is 0 Å². The number of nitrogens with zero attached hydrogens (tertiary/aromatic N) is 1. The highest BCUT2D eigenvalue weighted by molar-refractivity contribution is 5.57. The number of hydrogen-bond acceptors (Lipinski definition) is 3. The monoisotopic (exact) mass is 264 g/mol. The summed E-state index contributed by atoms with van der Waals surface area (Å²) in [5.74, 6) is 0.950. The lowest BCUT2D eigenvalue weighted by Gasteiger charge is -2.22. The van der Waals surface area contributed by atoms with Crippen molar-refractivity contribution >= 4 is 5.69 Å². The van der Waals surface area contributed by atoms with E-state index in [9.17, 15) is 0 Å². The number of rotatable bonds is 9. The predicted octanol–water partition coefficient (Wildman–Crippen LogP) is 3.30. The summed E-state index contributed by atoms with van der Waals surface area (Å²) in [6.45, 7) is 6.54. The molecule has 3 heteroatoms. The predicted molar refractivity (Wildman–Crippen MR) is 83.3 cm³/mol. The van der Waals surface area contributed by atoms with Gasteiger partial charge in [0.2, 0.25) is 0 Å². The van der Waals surface area contributed by atoms with E-state index in [0.29, 0.717) is 6.04 Å². The molecule has 0 aliphatic heterocycles. The van der Waals surface area contributed by atoms with E-state index in [1.54, 1.807) is 7.11 Å². The van der Waals surface area contributed by atoms with E-state index in [0.717, 1.165) is 18.8 Å². The summed E-state index contributed by atoms with van der Waals surface area (Å²) in [5, 5.41) is 3.45. The van der Waals surface area contributed by atoms with Gasteiger partial charge in [0.15, 0.2) is 0 Å². The van der Waals surface area contributed by atoms with Crippen LogP contribution in [0.15, 0.2) is 24.3 Å². The van der Waals surface area contributed by atoms with E-state index in [1.807, 2.05) is 12.1 Å². The third kappa shape index (κ3) is 5.52. The zero-order valence-corrected chi connectivity index (χ0v) is 12.8. The lowest BCUT2D eigenvalue weighted by atomic mass is 10.1.